The predicted molar refractivity (Wildman–Crippen MR) is 127 cm³/mol. The first-order chi connectivity index (χ1) is 16.3. The molecule has 1 aliphatic carbocycles. The van der Waals surface area contributed by atoms with E-state index in [1.165, 1.54) is 12.0 Å². The van der Waals surface area contributed by atoms with E-state index in [0.717, 1.165) is 43.2 Å². The largest absolute Gasteiger partial charge is 0.323 e. The van der Waals surface area contributed by atoms with Gasteiger partial charge in [-0.25, -0.2) is 18.2 Å². The van der Waals surface area contributed by atoms with E-state index < -0.39 is 34.3 Å². The zero-order valence-corrected chi connectivity index (χ0v) is 19.4. The summed E-state index contributed by atoms with van der Waals surface area (Å²) in [7, 11) is 0. The number of benzene rings is 2. The maximum atomic E-state index is 14.0. The number of hydrogen-bond donors (Lipinski definition) is 1. The molecule has 2 aromatic carbocycles. The van der Waals surface area contributed by atoms with Crippen LogP contribution >= 0.6 is 11.8 Å². The first kappa shape index (κ1) is 24.1. The van der Waals surface area contributed by atoms with Gasteiger partial charge >= 0.3 is 0 Å². The Hall–Kier alpha value is -3.07. The van der Waals surface area contributed by atoms with Crippen LogP contribution in [0.25, 0.3) is 10.9 Å². The lowest BCUT2D eigenvalue weighted by molar-refractivity contribution is -0.115. The molecule has 4 rings (SSSR count). The molecule has 9 heteroatoms. The van der Waals surface area contributed by atoms with Crippen LogP contribution < -0.4 is 10.9 Å². The van der Waals surface area contributed by atoms with Crippen molar-refractivity contribution in [1.29, 1.82) is 0 Å². The number of carbonyl (C=O) groups is 1. The fourth-order valence-corrected chi connectivity index (χ4v) is 4.83. The SMILES string of the molecule is CC(Sc1nc2ccccc2c(=O)n1CCC1=CCCCC1)C(=O)Nc1ccc(F)c(F)c1F. The second-order valence-electron chi connectivity index (χ2n) is 8.20. The van der Waals surface area contributed by atoms with Crippen LogP contribution in [0.15, 0.2) is 58.0 Å². The number of aromatic nitrogens is 2. The Morgan fingerprint density at radius 3 is 2.71 bits per heavy atom. The molecular weight excluding hydrogens is 463 g/mol. The molecule has 0 bridgehead atoms. The first-order valence-corrected chi connectivity index (χ1v) is 12.0. The molecule has 0 spiro atoms. The van der Waals surface area contributed by atoms with Gasteiger partial charge in [0, 0.05) is 6.54 Å². The smallest absolute Gasteiger partial charge is 0.262 e. The van der Waals surface area contributed by atoms with Gasteiger partial charge in [0.25, 0.3) is 5.56 Å². The molecule has 0 saturated carbocycles. The number of fused-ring (bicyclic) bond motifs is 1. The topological polar surface area (TPSA) is 64.0 Å². The van der Waals surface area contributed by atoms with Gasteiger partial charge in [0.2, 0.25) is 5.91 Å². The summed E-state index contributed by atoms with van der Waals surface area (Å²) in [6.07, 6.45) is 7.30. The number of nitrogens with zero attached hydrogens (tertiary/aromatic N) is 2. The Morgan fingerprint density at radius 2 is 1.94 bits per heavy atom. The number of rotatable bonds is 7. The normalized spacial score (nSPS) is 14.6. The van der Waals surface area contributed by atoms with Gasteiger partial charge < -0.3 is 5.32 Å². The molecular formula is C25H24F3N3O2S. The van der Waals surface area contributed by atoms with Gasteiger partial charge in [-0.3, -0.25) is 14.2 Å². The lowest BCUT2D eigenvalue weighted by atomic mass is 9.97. The summed E-state index contributed by atoms with van der Waals surface area (Å²) in [5, 5.41) is 2.36. The number of amides is 1. The number of halogens is 3. The maximum absolute atomic E-state index is 14.0. The van der Waals surface area contributed by atoms with Crippen molar-refractivity contribution < 1.29 is 18.0 Å². The van der Waals surface area contributed by atoms with Crippen LogP contribution in [-0.2, 0) is 11.3 Å². The van der Waals surface area contributed by atoms with E-state index in [1.54, 1.807) is 35.8 Å². The van der Waals surface area contributed by atoms with Crippen molar-refractivity contribution in [2.75, 3.05) is 5.32 Å². The maximum Gasteiger partial charge on any atom is 0.262 e. The van der Waals surface area contributed by atoms with Gasteiger partial charge in [-0.2, -0.15) is 0 Å². The van der Waals surface area contributed by atoms with Gasteiger partial charge in [0.05, 0.1) is 21.8 Å². The van der Waals surface area contributed by atoms with Gasteiger partial charge in [-0.15, -0.1) is 0 Å². The van der Waals surface area contributed by atoms with E-state index in [0.29, 0.717) is 29.0 Å². The molecule has 178 valence electrons. The summed E-state index contributed by atoms with van der Waals surface area (Å²) >= 11 is 1.06. The minimum Gasteiger partial charge on any atom is -0.323 e. The number of hydrogen-bond acceptors (Lipinski definition) is 4. The molecule has 1 aliphatic rings. The molecule has 1 aromatic heterocycles. The molecule has 0 aliphatic heterocycles. The third kappa shape index (κ3) is 5.19. The van der Waals surface area contributed by atoms with Crippen molar-refractivity contribution in [2.45, 2.75) is 56.0 Å². The Balaban J connectivity index is 1.59. The Morgan fingerprint density at radius 1 is 1.15 bits per heavy atom. The highest BCUT2D eigenvalue weighted by Crippen LogP contribution is 2.27. The highest BCUT2D eigenvalue weighted by atomic mass is 32.2. The zero-order chi connectivity index (χ0) is 24.2. The minimum absolute atomic E-state index is 0.191. The van der Waals surface area contributed by atoms with Crippen molar-refractivity contribution in [2.24, 2.45) is 0 Å². The van der Waals surface area contributed by atoms with Crippen LogP contribution in [0.2, 0.25) is 0 Å². The summed E-state index contributed by atoms with van der Waals surface area (Å²) in [4.78, 5) is 30.5. The van der Waals surface area contributed by atoms with Crippen molar-refractivity contribution in [1.82, 2.24) is 9.55 Å². The van der Waals surface area contributed by atoms with E-state index in [-0.39, 0.29) is 5.56 Å². The molecule has 1 unspecified atom stereocenters. The van der Waals surface area contributed by atoms with Crippen LogP contribution in [-0.4, -0.2) is 20.7 Å². The zero-order valence-electron chi connectivity index (χ0n) is 18.6. The monoisotopic (exact) mass is 487 g/mol. The van der Waals surface area contributed by atoms with Gasteiger partial charge in [-0.05, 0) is 63.3 Å². The van der Waals surface area contributed by atoms with E-state index in [2.05, 4.69) is 16.4 Å². The quantitative estimate of drug-likeness (QED) is 0.197. The number of allylic oxidation sites excluding steroid dienone is 2. The lowest BCUT2D eigenvalue weighted by Gasteiger charge is -2.18. The van der Waals surface area contributed by atoms with Crippen molar-refractivity contribution >= 4 is 34.3 Å². The number of anilines is 1. The van der Waals surface area contributed by atoms with Crippen molar-refractivity contribution in [3.8, 4) is 0 Å². The number of carbonyl (C=O) groups excluding carboxylic acids is 1. The Bertz CT molecular complexity index is 1320. The molecule has 5 nitrogen and oxygen atoms in total. The summed E-state index contributed by atoms with van der Waals surface area (Å²) < 4.78 is 42.3. The number of thioether (sulfide) groups is 1. The van der Waals surface area contributed by atoms with E-state index >= 15 is 0 Å². The molecule has 3 aromatic rings. The molecule has 1 atom stereocenters. The summed E-state index contributed by atoms with van der Waals surface area (Å²) in [6, 6.07) is 8.72. The Labute approximate surface area is 199 Å². The van der Waals surface area contributed by atoms with Crippen molar-refractivity contribution in [3.63, 3.8) is 0 Å². The highest BCUT2D eigenvalue weighted by Gasteiger charge is 2.22. The summed E-state index contributed by atoms with van der Waals surface area (Å²) in [5.74, 6) is -5.08. The molecule has 1 heterocycles. The third-order valence-corrected chi connectivity index (χ3v) is 6.90. The fraction of sp³-hybridized carbons (Fsp3) is 0.320. The van der Waals surface area contributed by atoms with E-state index in [9.17, 15) is 22.8 Å². The lowest BCUT2D eigenvalue weighted by Crippen LogP contribution is -2.27. The second kappa shape index (κ2) is 10.5. The van der Waals surface area contributed by atoms with Crippen LogP contribution in [0.3, 0.4) is 0 Å². The molecule has 1 N–H and O–H groups in total. The van der Waals surface area contributed by atoms with Gasteiger partial charge in [0.15, 0.2) is 22.6 Å². The molecule has 34 heavy (non-hydrogen) atoms. The first-order valence-electron chi connectivity index (χ1n) is 11.1. The van der Waals surface area contributed by atoms with Crippen molar-refractivity contribution in [3.05, 3.63) is 75.9 Å². The Kier molecular flexibility index (Phi) is 7.41. The number of nitrogens with one attached hydrogen (secondary N) is 1. The molecule has 1 amide bonds. The van der Waals surface area contributed by atoms with Crippen LogP contribution in [0.1, 0.15) is 39.0 Å². The molecule has 0 saturated heterocycles. The fourth-order valence-electron chi connectivity index (χ4n) is 3.89. The average molecular weight is 488 g/mol. The minimum atomic E-state index is -1.65. The van der Waals surface area contributed by atoms with Gasteiger partial charge in [-0.1, -0.05) is 35.5 Å². The van der Waals surface area contributed by atoms with Crippen LogP contribution in [0.5, 0.6) is 0 Å². The highest BCUT2D eigenvalue weighted by molar-refractivity contribution is 8.00. The van der Waals surface area contributed by atoms with E-state index in [4.69, 9.17) is 0 Å². The van der Waals surface area contributed by atoms with Crippen LogP contribution in [0, 0.1) is 17.5 Å². The summed E-state index contributed by atoms with van der Waals surface area (Å²) in [5.41, 5.74) is 1.18. The predicted octanol–water partition coefficient (Wildman–Crippen LogP) is 5.82. The third-order valence-electron chi connectivity index (χ3n) is 5.81. The standard InChI is InChI=1S/C25H24F3N3O2S/c1-15(23(32)29-20-12-11-18(26)21(27)22(20)28)34-25-30-19-10-6-5-9-17(19)24(33)31(25)14-13-16-7-3-2-4-8-16/h5-7,9-12,15H,2-4,8,13-14H2,1H3,(H,29,32). The van der Waals surface area contributed by atoms with Crippen LogP contribution in [0.4, 0.5) is 18.9 Å². The molecule has 0 radical (unpaired) electrons. The van der Waals surface area contributed by atoms with Gasteiger partial charge in [0.1, 0.15) is 0 Å². The molecule has 0 fully saturated rings. The average Bonchev–Trinajstić information content (AvgIpc) is 2.84. The number of para-hydroxylation sites is 1. The second-order valence-corrected chi connectivity index (χ2v) is 9.51. The summed E-state index contributed by atoms with van der Waals surface area (Å²) in [6.45, 7) is 2.00. The van der Waals surface area contributed by atoms with E-state index in [1.807, 2.05) is 0 Å².